The number of ether oxygens (including phenoxy) is 2. The van der Waals surface area contributed by atoms with Gasteiger partial charge < -0.3 is 20.3 Å². The summed E-state index contributed by atoms with van der Waals surface area (Å²) in [5, 5.41) is 19.9. The summed E-state index contributed by atoms with van der Waals surface area (Å²) in [6.07, 6.45) is 0.930. The summed E-state index contributed by atoms with van der Waals surface area (Å²) >= 11 is 0. The Morgan fingerprint density at radius 3 is 2.42 bits per heavy atom. The van der Waals surface area contributed by atoms with Gasteiger partial charge in [0, 0.05) is 12.6 Å². The Balaban J connectivity index is 3.23. The third-order valence-corrected chi connectivity index (χ3v) is 2.80. The Bertz CT molecular complexity index is 450. The Labute approximate surface area is 111 Å². The standard InChI is InChI=1S/C12H18N2O5/c1-18-11-6-8(9(13)4-3-5-15)10(14(16)17)7-12(11)19-2/h6-7,9,15H,3-5,13H2,1-2H3/t9-/m1/s1. The van der Waals surface area contributed by atoms with E-state index in [1.165, 1.54) is 26.4 Å². The Morgan fingerprint density at radius 1 is 1.37 bits per heavy atom. The van der Waals surface area contributed by atoms with Gasteiger partial charge in [-0.2, -0.15) is 0 Å². The zero-order valence-corrected chi connectivity index (χ0v) is 11.0. The molecule has 19 heavy (non-hydrogen) atoms. The Morgan fingerprint density at radius 2 is 1.95 bits per heavy atom. The van der Waals surface area contributed by atoms with Crippen molar-refractivity contribution in [1.82, 2.24) is 0 Å². The molecule has 7 heteroatoms. The van der Waals surface area contributed by atoms with Crippen molar-refractivity contribution in [2.24, 2.45) is 5.73 Å². The van der Waals surface area contributed by atoms with Crippen molar-refractivity contribution in [3.05, 3.63) is 27.8 Å². The number of rotatable bonds is 7. The van der Waals surface area contributed by atoms with Gasteiger partial charge in [-0.05, 0) is 18.9 Å². The summed E-state index contributed by atoms with van der Waals surface area (Å²) in [7, 11) is 2.86. The highest BCUT2D eigenvalue weighted by Gasteiger charge is 2.23. The quantitative estimate of drug-likeness (QED) is 0.572. The third-order valence-electron chi connectivity index (χ3n) is 2.80. The fraction of sp³-hybridized carbons (Fsp3) is 0.500. The van der Waals surface area contributed by atoms with Gasteiger partial charge in [0.2, 0.25) is 0 Å². The van der Waals surface area contributed by atoms with Crippen LogP contribution in [0, 0.1) is 10.1 Å². The molecular formula is C12H18N2O5. The van der Waals surface area contributed by atoms with E-state index in [4.69, 9.17) is 20.3 Å². The largest absolute Gasteiger partial charge is 0.493 e. The van der Waals surface area contributed by atoms with E-state index in [1.807, 2.05) is 0 Å². The van der Waals surface area contributed by atoms with Crippen LogP contribution in [0.3, 0.4) is 0 Å². The van der Waals surface area contributed by atoms with Crippen molar-refractivity contribution in [2.75, 3.05) is 20.8 Å². The topological polar surface area (TPSA) is 108 Å². The molecule has 0 aromatic heterocycles. The van der Waals surface area contributed by atoms with Gasteiger partial charge in [0.05, 0.1) is 30.8 Å². The number of methoxy groups -OCH3 is 2. The molecule has 0 aliphatic heterocycles. The van der Waals surface area contributed by atoms with E-state index in [1.54, 1.807) is 0 Å². The molecule has 0 amide bonds. The molecule has 0 aliphatic carbocycles. The van der Waals surface area contributed by atoms with Gasteiger partial charge in [0.15, 0.2) is 11.5 Å². The van der Waals surface area contributed by atoms with Crippen molar-refractivity contribution in [1.29, 1.82) is 0 Å². The van der Waals surface area contributed by atoms with Crippen LogP contribution < -0.4 is 15.2 Å². The van der Waals surface area contributed by atoms with E-state index in [2.05, 4.69) is 0 Å². The number of aliphatic hydroxyl groups excluding tert-OH is 1. The van der Waals surface area contributed by atoms with Gasteiger partial charge in [-0.1, -0.05) is 0 Å². The average molecular weight is 270 g/mol. The molecular weight excluding hydrogens is 252 g/mol. The molecule has 1 aromatic carbocycles. The highest BCUT2D eigenvalue weighted by atomic mass is 16.6. The summed E-state index contributed by atoms with van der Waals surface area (Å²) in [6, 6.07) is 2.28. The smallest absolute Gasteiger partial charge is 0.278 e. The maximum absolute atomic E-state index is 11.1. The summed E-state index contributed by atoms with van der Waals surface area (Å²) in [5.74, 6) is 0.676. The number of benzene rings is 1. The predicted molar refractivity (Wildman–Crippen MR) is 69.4 cm³/mol. The van der Waals surface area contributed by atoms with E-state index < -0.39 is 11.0 Å². The van der Waals surface area contributed by atoms with Crippen molar-refractivity contribution in [2.45, 2.75) is 18.9 Å². The second kappa shape index (κ2) is 6.91. The van der Waals surface area contributed by atoms with E-state index in [0.717, 1.165) is 0 Å². The Kier molecular flexibility index (Phi) is 5.53. The van der Waals surface area contributed by atoms with Gasteiger partial charge in [0.1, 0.15) is 0 Å². The molecule has 0 radical (unpaired) electrons. The molecule has 0 unspecified atom stereocenters. The molecule has 0 fully saturated rings. The van der Waals surface area contributed by atoms with Crippen molar-refractivity contribution < 1.29 is 19.5 Å². The van der Waals surface area contributed by atoms with Gasteiger partial charge in [-0.15, -0.1) is 0 Å². The number of nitrogens with two attached hydrogens (primary N) is 1. The molecule has 1 aromatic rings. The summed E-state index contributed by atoms with van der Waals surface area (Å²) in [5.41, 5.74) is 6.19. The lowest BCUT2D eigenvalue weighted by molar-refractivity contribution is -0.385. The molecule has 0 spiro atoms. The second-order valence-corrected chi connectivity index (χ2v) is 4.00. The lowest BCUT2D eigenvalue weighted by Crippen LogP contribution is -2.13. The van der Waals surface area contributed by atoms with E-state index >= 15 is 0 Å². The lowest BCUT2D eigenvalue weighted by atomic mass is 10.0. The first-order chi connectivity index (χ1) is 9.04. The SMILES string of the molecule is COc1cc([C@H](N)CCCO)c([N+](=O)[O-])cc1OC. The molecule has 0 aliphatic rings. The van der Waals surface area contributed by atoms with E-state index in [9.17, 15) is 10.1 Å². The predicted octanol–water partition coefficient (Wildman–Crippen LogP) is 1.38. The molecule has 106 valence electrons. The van der Waals surface area contributed by atoms with Crippen molar-refractivity contribution >= 4 is 5.69 Å². The van der Waals surface area contributed by atoms with Crippen LogP contribution in [-0.2, 0) is 0 Å². The summed E-state index contributed by atoms with van der Waals surface area (Å²) in [6.45, 7) is -0.00517. The Hall–Kier alpha value is -1.86. The number of hydrogen-bond donors (Lipinski definition) is 2. The fourth-order valence-electron chi connectivity index (χ4n) is 1.81. The van der Waals surface area contributed by atoms with Crippen molar-refractivity contribution in [3.8, 4) is 11.5 Å². The monoisotopic (exact) mass is 270 g/mol. The highest BCUT2D eigenvalue weighted by molar-refractivity contribution is 5.55. The third kappa shape index (κ3) is 3.55. The normalized spacial score (nSPS) is 12.0. The fourth-order valence-corrected chi connectivity index (χ4v) is 1.81. The van der Waals surface area contributed by atoms with Crippen LogP contribution in [-0.4, -0.2) is 30.9 Å². The number of nitro benzene ring substituents is 1. The van der Waals surface area contributed by atoms with Crippen LogP contribution in [0.1, 0.15) is 24.4 Å². The van der Waals surface area contributed by atoms with Crippen molar-refractivity contribution in [3.63, 3.8) is 0 Å². The molecule has 1 atom stereocenters. The first-order valence-electron chi connectivity index (χ1n) is 5.81. The molecule has 7 nitrogen and oxygen atoms in total. The first kappa shape index (κ1) is 15.2. The molecule has 1 rings (SSSR count). The summed E-state index contributed by atoms with van der Waals surface area (Å²) in [4.78, 5) is 10.6. The van der Waals surface area contributed by atoms with Gasteiger partial charge in [0.25, 0.3) is 5.69 Å². The molecule has 3 N–H and O–H groups in total. The van der Waals surface area contributed by atoms with Crippen LogP contribution in [0.5, 0.6) is 11.5 Å². The highest BCUT2D eigenvalue weighted by Crippen LogP contribution is 2.37. The van der Waals surface area contributed by atoms with Gasteiger partial charge >= 0.3 is 0 Å². The molecule has 0 bridgehead atoms. The van der Waals surface area contributed by atoms with Gasteiger partial charge in [-0.25, -0.2) is 0 Å². The zero-order valence-electron chi connectivity index (χ0n) is 11.0. The summed E-state index contributed by atoms with van der Waals surface area (Å²) < 4.78 is 10.1. The molecule has 0 saturated heterocycles. The zero-order chi connectivity index (χ0) is 14.4. The van der Waals surface area contributed by atoms with Crippen LogP contribution in [0.15, 0.2) is 12.1 Å². The minimum atomic E-state index is -0.535. The minimum Gasteiger partial charge on any atom is -0.493 e. The van der Waals surface area contributed by atoms with Crippen LogP contribution >= 0.6 is 0 Å². The van der Waals surface area contributed by atoms with E-state index in [0.29, 0.717) is 24.2 Å². The second-order valence-electron chi connectivity index (χ2n) is 4.00. The molecule has 0 heterocycles. The van der Waals surface area contributed by atoms with E-state index in [-0.39, 0.29) is 18.0 Å². The number of nitro groups is 1. The van der Waals surface area contributed by atoms with Crippen LogP contribution in [0.25, 0.3) is 0 Å². The maximum atomic E-state index is 11.1. The minimum absolute atomic E-state index is 0.00517. The maximum Gasteiger partial charge on any atom is 0.278 e. The molecule has 0 saturated carbocycles. The van der Waals surface area contributed by atoms with Crippen LogP contribution in [0.4, 0.5) is 5.69 Å². The lowest BCUT2D eigenvalue weighted by Gasteiger charge is -2.15. The number of hydrogen-bond acceptors (Lipinski definition) is 6. The average Bonchev–Trinajstić information content (AvgIpc) is 2.42. The van der Waals surface area contributed by atoms with Crippen LogP contribution in [0.2, 0.25) is 0 Å². The number of nitrogens with zero attached hydrogens (tertiary/aromatic N) is 1. The number of aliphatic hydroxyl groups is 1. The first-order valence-corrected chi connectivity index (χ1v) is 5.81. The van der Waals surface area contributed by atoms with Gasteiger partial charge in [-0.3, -0.25) is 10.1 Å².